The van der Waals surface area contributed by atoms with Crippen molar-refractivity contribution in [3.05, 3.63) is 78.4 Å². The lowest BCUT2D eigenvalue weighted by Gasteiger charge is -2.09. The van der Waals surface area contributed by atoms with Crippen molar-refractivity contribution in [2.45, 2.75) is 19.8 Å². The molecule has 1 aromatic carbocycles. The SMILES string of the molecule is Cc1ccnc(C(=O)Nc2cccc(Oc3ccc4nc(NC(=O)C5CC5)cn4c3)c2)c1. The van der Waals surface area contributed by atoms with E-state index >= 15 is 0 Å². The molecule has 32 heavy (non-hydrogen) atoms. The zero-order valence-corrected chi connectivity index (χ0v) is 17.4. The summed E-state index contributed by atoms with van der Waals surface area (Å²) in [5, 5.41) is 5.69. The van der Waals surface area contributed by atoms with Crippen LogP contribution in [-0.2, 0) is 4.79 Å². The molecule has 0 atom stereocenters. The second-order valence-corrected chi connectivity index (χ2v) is 7.82. The minimum atomic E-state index is -0.286. The van der Waals surface area contributed by atoms with Gasteiger partial charge in [0.15, 0.2) is 5.82 Å². The Bertz CT molecular complexity index is 1330. The van der Waals surface area contributed by atoms with Crippen LogP contribution in [0.5, 0.6) is 11.5 Å². The smallest absolute Gasteiger partial charge is 0.274 e. The number of anilines is 2. The molecule has 0 spiro atoms. The standard InChI is InChI=1S/C24H21N5O3/c1-15-9-10-25-20(11-15)24(31)26-17-3-2-4-18(12-17)32-19-7-8-22-27-21(14-29(22)13-19)28-23(30)16-5-6-16/h2-4,7-14,16H,5-6H2,1H3,(H,26,31)(H,28,30). The molecule has 5 rings (SSSR count). The monoisotopic (exact) mass is 427 g/mol. The van der Waals surface area contributed by atoms with Crippen molar-refractivity contribution in [3.63, 3.8) is 0 Å². The van der Waals surface area contributed by atoms with Crippen LogP contribution in [0.3, 0.4) is 0 Å². The first kappa shape index (κ1) is 19.7. The number of nitrogens with zero attached hydrogens (tertiary/aromatic N) is 3. The van der Waals surface area contributed by atoms with Gasteiger partial charge in [0.25, 0.3) is 5.91 Å². The Balaban J connectivity index is 1.29. The number of hydrogen-bond donors (Lipinski definition) is 2. The summed E-state index contributed by atoms with van der Waals surface area (Å²) in [4.78, 5) is 32.9. The molecule has 1 aliphatic carbocycles. The van der Waals surface area contributed by atoms with Crippen LogP contribution < -0.4 is 15.4 Å². The van der Waals surface area contributed by atoms with E-state index in [9.17, 15) is 9.59 Å². The molecule has 0 radical (unpaired) electrons. The van der Waals surface area contributed by atoms with Gasteiger partial charge < -0.3 is 19.8 Å². The molecule has 0 saturated heterocycles. The van der Waals surface area contributed by atoms with E-state index in [1.807, 2.05) is 19.1 Å². The van der Waals surface area contributed by atoms with E-state index in [1.54, 1.807) is 59.4 Å². The van der Waals surface area contributed by atoms with Gasteiger partial charge in [-0.1, -0.05) is 6.07 Å². The fourth-order valence-corrected chi connectivity index (χ4v) is 3.29. The number of benzene rings is 1. The first-order chi connectivity index (χ1) is 15.5. The molecule has 2 amide bonds. The lowest BCUT2D eigenvalue weighted by atomic mass is 10.2. The van der Waals surface area contributed by atoms with Crippen molar-refractivity contribution in [2.24, 2.45) is 5.92 Å². The number of aryl methyl sites for hydroxylation is 1. The summed E-state index contributed by atoms with van der Waals surface area (Å²) in [7, 11) is 0. The molecule has 0 bridgehead atoms. The summed E-state index contributed by atoms with van der Waals surface area (Å²) in [6.45, 7) is 1.91. The van der Waals surface area contributed by atoms with Crippen molar-refractivity contribution < 1.29 is 14.3 Å². The van der Waals surface area contributed by atoms with Crippen molar-refractivity contribution in [3.8, 4) is 11.5 Å². The highest BCUT2D eigenvalue weighted by Crippen LogP contribution is 2.30. The molecule has 3 heterocycles. The number of carbonyl (C=O) groups is 2. The normalized spacial score (nSPS) is 13.0. The maximum atomic E-state index is 12.5. The molecule has 1 fully saturated rings. The summed E-state index contributed by atoms with van der Waals surface area (Å²) < 4.78 is 7.77. The molecule has 160 valence electrons. The van der Waals surface area contributed by atoms with E-state index < -0.39 is 0 Å². The van der Waals surface area contributed by atoms with E-state index in [2.05, 4.69) is 20.6 Å². The molecule has 8 heteroatoms. The van der Waals surface area contributed by atoms with Gasteiger partial charge in [-0.3, -0.25) is 14.6 Å². The number of nitrogens with one attached hydrogen (secondary N) is 2. The Morgan fingerprint density at radius 1 is 1.03 bits per heavy atom. The van der Waals surface area contributed by atoms with Crippen molar-refractivity contribution >= 4 is 29.0 Å². The molecule has 1 aliphatic rings. The topological polar surface area (TPSA) is 97.6 Å². The molecule has 0 unspecified atom stereocenters. The van der Waals surface area contributed by atoms with E-state index in [0.29, 0.717) is 34.3 Å². The minimum Gasteiger partial charge on any atom is -0.456 e. The third kappa shape index (κ3) is 4.44. The Hall–Kier alpha value is -4.20. The van der Waals surface area contributed by atoms with Crippen LogP contribution in [0, 0.1) is 12.8 Å². The van der Waals surface area contributed by atoms with Gasteiger partial charge in [-0.15, -0.1) is 0 Å². The molecule has 8 nitrogen and oxygen atoms in total. The summed E-state index contributed by atoms with van der Waals surface area (Å²) in [6, 6.07) is 14.3. The fourth-order valence-electron chi connectivity index (χ4n) is 3.29. The van der Waals surface area contributed by atoms with Crippen LogP contribution in [-0.4, -0.2) is 26.2 Å². The zero-order valence-electron chi connectivity index (χ0n) is 17.4. The number of rotatable bonds is 6. The highest BCUT2D eigenvalue weighted by atomic mass is 16.5. The Morgan fingerprint density at radius 2 is 1.91 bits per heavy atom. The molecular weight excluding hydrogens is 406 g/mol. The Morgan fingerprint density at radius 3 is 2.72 bits per heavy atom. The average molecular weight is 427 g/mol. The molecule has 3 aromatic heterocycles. The number of fused-ring (bicyclic) bond motifs is 1. The molecule has 1 saturated carbocycles. The number of aromatic nitrogens is 3. The van der Waals surface area contributed by atoms with Gasteiger partial charge in [-0.05, 0) is 61.7 Å². The van der Waals surface area contributed by atoms with Crippen LogP contribution >= 0.6 is 0 Å². The van der Waals surface area contributed by atoms with Gasteiger partial charge in [0, 0.05) is 23.9 Å². The molecule has 4 aromatic rings. The van der Waals surface area contributed by atoms with E-state index in [1.165, 1.54) is 0 Å². The number of imidazole rings is 1. The maximum absolute atomic E-state index is 12.5. The third-order valence-electron chi connectivity index (χ3n) is 5.10. The Kier molecular flexibility index (Phi) is 5.03. The zero-order chi connectivity index (χ0) is 22.1. The second-order valence-electron chi connectivity index (χ2n) is 7.82. The molecule has 2 N–H and O–H groups in total. The lowest BCUT2D eigenvalue weighted by Crippen LogP contribution is -2.13. The van der Waals surface area contributed by atoms with E-state index in [0.717, 1.165) is 18.4 Å². The molecule has 0 aliphatic heterocycles. The number of pyridine rings is 2. The van der Waals surface area contributed by atoms with Gasteiger partial charge in [0.1, 0.15) is 22.8 Å². The predicted octanol–water partition coefficient (Wildman–Crippen LogP) is 4.43. The first-order valence-corrected chi connectivity index (χ1v) is 10.3. The third-order valence-corrected chi connectivity index (χ3v) is 5.10. The number of hydrogen-bond acceptors (Lipinski definition) is 5. The van der Waals surface area contributed by atoms with Gasteiger partial charge in [0.2, 0.25) is 5.91 Å². The summed E-state index contributed by atoms with van der Waals surface area (Å²) in [5.74, 6) is 1.54. The predicted molar refractivity (Wildman–Crippen MR) is 120 cm³/mol. The largest absolute Gasteiger partial charge is 0.456 e. The van der Waals surface area contributed by atoms with E-state index in [-0.39, 0.29) is 17.7 Å². The summed E-state index contributed by atoms with van der Waals surface area (Å²) >= 11 is 0. The number of ether oxygens (including phenoxy) is 1. The van der Waals surface area contributed by atoms with E-state index in [4.69, 9.17) is 4.74 Å². The highest BCUT2D eigenvalue weighted by Gasteiger charge is 2.30. The quantitative estimate of drug-likeness (QED) is 0.474. The maximum Gasteiger partial charge on any atom is 0.274 e. The number of carbonyl (C=O) groups excluding carboxylic acids is 2. The van der Waals surface area contributed by atoms with Crippen LogP contribution in [0.1, 0.15) is 28.9 Å². The average Bonchev–Trinajstić information content (AvgIpc) is 3.55. The van der Waals surface area contributed by atoms with Gasteiger partial charge in [-0.2, -0.15) is 0 Å². The first-order valence-electron chi connectivity index (χ1n) is 10.3. The Labute approximate surface area is 184 Å². The van der Waals surface area contributed by atoms with Crippen molar-refractivity contribution in [1.29, 1.82) is 0 Å². The van der Waals surface area contributed by atoms with Gasteiger partial charge >= 0.3 is 0 Å². The van der Waals surface area contributed by atoms with Crippen LogP contribution in [0.2, 0.25) is 0 Å². The molecular formula is C24H21N5O3. The van der Waals surface area contributed by atoms with Crippen LogP contribution in [0.25, 0.3) is 5.65 Å². The minimum absolute atomic E-state index is 0.0182. The fraction of sp³-hybridized carbons (Fsp3) is 0.167. The van der Waals surface area contributed by atoms with Crippen molar-refractivity contribution in [1.82, 2.24) is 14.4 Å². The van der Waals surface area contributed by atoms with Crippen LogP contribution in [0.15, 0.2) is 67.1 Å². The van der Waals surface area contributed by atoms with Gasteiger partial charge in [0.05, 0.1) is 12.4 Å². The summed E-state index contributed by atoms with van der Waals surface area (Å²) in [6.07, 6.45) is 7.04. The summed E-state index contributed by atoms with van der Waals surface area (Å²) in [5.41, 5.74) is 2.62. The van der Waals surface area contributed by atoms with Crippen LogP contribution in [0.4, 0.5) is 11.5 Å². The second kappa shape index (κ2) is 8.14. The lowest BCUT2D eigenvalue weighted by molar-refractivity contribution is -0.117. The number of amides is 2. The van der Waals surface area contributed by atoms with Crippen molar-refractivity contribution in [2.75, 3.05) is 10.6 Å². The van der Waals surface area contributed by atoms with Gasteiger partial charge in [-0.25, -0.2) is 4.98 Å². The highest BCUT2D eigenvalue weighted by molar-refractivity contribution is 6.03.